The molecule has 1 heteroatoms. The summed E-state index contributed by atoms with van der Waals surface area (Å²) in [5.41, 5.74) is 7.93. The third-order valence-corrected chi connectivity index (χ3v) is 3.57. The van der Waals surface area contributed by atoms with Crippen LogP contribution >= 0.6 is 0 Å². The van der Waals surface area contributed by atoms with Gasteiger partial charge in [-0.15, -0.1) is 0 Å². The SMILES string of the molecule is [B]=CC1c2cc(C)ccc2-c2ccc(C)cc21. The van der Waals surface area contributed by atoms with E-state index in [1.807, 2.05) is 5.97 Å². The van der Waals surface area contributed by atoms with Crippen LogP contribution in [-0.4, -0.2) is 13.5 Å². The molecule has 0 saturated carbocycles. The monoisotopic (exact) mass is 217 g/mol. The Morgan fingerprint density at radius 2 is 1.35 bits per heavy atom. The van der Waals surface area contributed by atoms with Gasteiger partial charge in [-0.05, 0) is 0 Å². The minimum absolute atomic E-state index is 0.250. The summed E-state index contributed by atoms with van der Waals surface area (Å²) in [4.78, 5) is 0. The molecule has 17 heavy (non-hydrogen) atoms. The summed E-state index contributed by atoms with van der Waals surface area (Å²) >= 11 is 0. The molecule has 1 aliphatic carbocycles. The molecule has 2 aromatic rings. The van der Waals surface area contributed by atoms with E-state index in [-0.39, 0.29) is 5.92 Å². The third kappa shape index (κ3) is 1.49. The molecule has 0 spiro atoms. The predicted octanol–water partition coefficient (Wildman–Crippen LogP) is 3.39. The fourth-order valence-corrected chi connectivity index (χ4v) is 2.74. The quantitative estimate of drug-likeness (QED) is 0.642. The first-order valence-corrected chi connectivity index (χ1v) is 5.97. The van der Waals surface area contributed by atoms with Gasteiger partial charge in [-0.25, -0.2) is 0 Å². The number of fused-ring (bicyclic) bond motifs is 3. The molecule has 0 unspecified atom stereocenters. The molecule has 0 aliphatic heterocycles. The average Bonchev–Trinajstić information content (AvgIpc) is 2.60. The molecule has 1 aliphatic rings. The van der Waals surface area contributed by atoms with E-state index in [1.54, 1.807) is 0 Å². The van der Waals surface area contributed by atoms with Gasteiger partial charge in [-0.1, -0.05) is 0 Å². The Hall–Kier alpha value is -1.63. The number of hydrogen-bond donors (Lipinski definition) is 0. The molecular formula is C16H14B. The van der Waals surface area contributed by atoms with E-state index in [2.05, 4.69) is 50.2 Å². The average molecular weight is 217 g/mol. The van der Waals surface area contributed by atoms with E-state index < -0.39 is 0 Å². The number of benzene rings is 2. The van der Waals surface area contributed by atoms with Crippen LogP contribution in [0.25, 0.3) is 11.1 Å². The fraction of sp³-hybridized carbons (Fsp3) is 0.188. The van der Waals surface area contributed by atoms with Gasteiger partial charge in [-0.2, -0.15) is 0 Å². The van der Waals surface area contributed by atoms with Crippen molar-refractivity contribution in [1.82, 2.24) is 0 Å². The van der Waals surface area contributed by atoms with Crippen LogP contribution in [0, 0.1) is 13.8 Å². The minimum atomic E-state index is 0.250. The summed E-state index contributed by atoms with van der Waals surface area (Å²) in [5.74, 6) is 2.06. The first-order chi connectivity index (χ1) is 8.20. The number of rotatable bonds is 1. The standard InChI is InChI=1S/C16H14B/c1-10-3-5-12-13-6-4-11(2)8-15(13)16(9-17)14(12)7-10/h3-9,16H,1-2H3. The Kier molecular flexibility index (Phi) is 2.29. The van der Waals surface area contributed by atoms with Crippen LogP contribution in [0.15, 0.2) is 36.4 Å². The normalized spacial score (nSPS) is 13.2. The molecule has 0 aromatic heterocycles. The van der Waals surface area contributed by atoms with Crippen LogP contribution in [0.1, 0.15) is 28.2 Å². The van der Waals surface area contributed by atoms with E-state index in [0.717, 1.165) is 0 Å². The van der Waals surface area contributed by atoms with Crippen molar-refractivity contribution >= 4 is 13.5 Å². The second-order valence-electron chi connectivity index (χ2n) is 4.85. The zero-order valence-corrected chi connectivity index (χ0v) is 10.2. The summed E-state index contributed by atoms with van der Waals surface area (Å²) in [6.07, 6.45) is 0. The van der Waals surface area contributed by atoms with Gasteiger partial charge >= 0.3 is 103 Å². The molecule has 0 nitrogen and oxygen atoms in total. The fourth-order valence-electron chi connectivity index (χ4n) is 2.74. The molecular weight excluding hydrogens is 203 g/mol. The molecule has 1 radical (unpaired) electrons. The molecule has 0 amide bonds. The van der Waals surface area contributed by atoms with Gasteiger partial charge in [0.25, 0.3) is 0 Å². The van der Waals surface area contributed by atoms with Gasteiger partial charge < -0.3 is 0 Å². The number of hydrogen-bond acceptors (Lipinski definition) is 0. The maximum atomic E-state index is 5.84. The summed E-state index contributed by atoms with van der Waals surface area (Å²) in [6.45, 7) is 4.25. The van der Waals surface area contributed by atoms with E-state index >= 15 is 0 Å². The van der Waals surface area contributed by atoms with Gasteiger partial charge in [0, 0.05) is 0 Å². The summed E-state index contributed by atoms with van der Waals surface area (Å²) in [5, 5.41) is 0. The van der Waals surface area contributed by atoms with Gasteiger partial charge in [0.1, 0.15) is 0 Å². The van der Waals surface area contributed by atoms with Gasteiger partial charge in [0.05, 0.1) is 0 Å². The van der Waals surface area contributed by atoms with Crippen LogP contribution < -0.4 is 0 Å². The molecule has 0 atom stereocenters. The zero-order valence-electron chi connectivity index (χ0n) is 10.2. The number of aryl methyl sites for hydroxylation is 2. The van der Waals surface area contributed by atoms with E-state index in [4.69, 9.17) is 7.49 Å². The van der Waals surface area contributed by atoms with E-state index in [0.29, 0.717) is 0 Å². The third-order valence-electron chi connectivity index (χ3n) is 3.57. The van der Waals surface area contributed by atoms with Gasteiger partial charge in [0.2, 0.25) is 0 Å². The molecule has 0 N–H and O–H groups in total. The van der Waals surface area contributed by atoms with Crippen LogP contribution in [-0.2, 0) is 0 Å². The molecule has 0 saturated heterocycles. The maximum absolute atomic E-state index is 5.84. The summed E-state index contributed by atoms with van der Waals surface area (Å²) in [6, 6.07) is 13.3. The van der Waals surface area contributed by atoms with Gasteiger partial charge in [0.15, 0.2) is 0 Å². The molecule has 0 fully saturated rings. The second kappa shape index (κ2) is 3.70. The molecule has 2 aromatic carbocycles. The van der Waals surface area contributed by atoms with Gasteiger partial charge in [-0.3, -0.25) is 0 Å². The zero-order chi connectivity index (χ0) is 12.0. The molecule has 81 valence electrons. The first kappa shape index (κ1) is 10.5. The Labute approximate surface area is 103 Å². The van der Waals surface area contributed by atoms with Crippen molar-refractivity contribution in [3.63, 3.8) is 0 Å². The van der Waals surface area contributed by atoms with Crippen LogP contribution in [0.2, 0.25) is 0 Å². The van der Waals surface area contributed by atoms with Crippen LogP contribution in [0.5, 0.6) is 0 Å². The molecule has 0 heterocycles. The second-order valence-corrected chi connectivity index (χ2v) is 4.85. The first-order valence-electron chi connectivity index (χ1n) is 5.97. The predicted molar refractivity (Wildman–Crippen MR) is 75.0 cm³/mol. The topological polar surface area (TPSA) is 0 Å². The molecule has 3 rings (SSSR count). The van der Waals surface area contributed by atoms with Crippen molar-refractivity contribution in [2.75, 3.05) is 0 Å². The Morgan fingerprint density at radius 1 is 0.882 bits per heavy atom. The summed E-state index contributed by atoms with van der Waals surface area (Å²) in [7, 11) is 5.84. The van der Waals surface area contributed by atoms with Crippen molar-refractivity contribution in [1.29, 1.82) is 0 Å². The van der Waals surface area contributed by atoms with Crippen molar-refractivity contribution in [2.45, 2.75) is 19.8 Å². The van der Waals surface area contributed by atoms with Crippen LogP contribution in [0.4, 0.5) is 0 Å². The van der Waals surface area contributed by atoms with Crippen LogP contribution in [0.3, 0.4) is 0 Å². The Bertz CT molecular complexity index is 559. The Balaban J connectivity index is 2.32. The van der Waals surface area contributed by atoms with Crippen molar-refractivity contribution in [3.05, 3.63) is 58.7 Å². The molecule has 0 bridgehead atoms. The van der Waals surface area contributed by atoms with Crippen molar-refractivity contribution in [2.24, 2.45) is 0 Å². The van der Waals surface area contributed by atoms with E-state index in [1.165, 1.54) is 33.4 Å². The summed E-state index contributed by atoms with van der Waals surface area (Å²) < 4.78 is 0. The van der Waals surface area contributed by atoms with Crippen molar-refractivity contribution < 1.29 is 0 Å². The Morgan fingerprint density at radius 3 is 1.76 bits per heavy atom. The van der Waals surface area contributed by atoms with Crippen molar-refractivity contribution in [3.8, 4) is 11.1 Å². The van der Waals surface area contributed by atoms with E-state index in [9.17, 15) is 0 Å².